The first kappa shape index (κ1) is 21.2. The lowest BCUT2D eigenvalue weighted by molar-refractivity contribution is -0.140. The molecule has 0 bridgehead atoms. The number of likely N-dealkylation sites (N-methyl/N-ethyl adjacent to an activating group) is 1. The van der Waals surface area contributed by atoms with Crippen LogP contribution in [0, 0.1) is 0 Å². The molecule has 2 amide bonds. The predicted molar refractivity (Wildman–Crippen MR) is 106 cm³/mol. The Balaban J connectivity index is 1.82. The predicted octanol–water partition coefficient (Wildman–Crippen LogP) is 3.15. The van der Waals surface area contributed by atoms with Gasteiger partial charge in [-0.15, -0.1) is 0 Å². The fraction of sp³-hybridized carbons (Fsp3) is 0.250. The van der Waals surface area contributed by atoms with Gasteiger partial charge in [-0.05, 0) is 42.5 Å². The molecule has 1 aromatic carbocycles. The molecule has 1 N–H and O–H groups in total. The fourth-order valence-corrected chi connectivity index (χ4v) is 2.38. The van der Waals surface area contributed by atoms with Gasteiger partial charge in [-0.3, -0.25) is 14.4 Å². The van der Waals surface area contributed by atoms with Crippen LogP contribution in [0.15, 0.2) is 46.9 Å². The lowest BCUT2D eigenvalue weighted by atomic mass is 10.2. The summed E-state index contributed by atoms with van der Waals surface area (Å²) in [5.41, 5.74) is 0.598. The van der Waals surface area contributed by atoms with Crippen LogP contribution in [0.2, 0.25) is 5.02 Å². The van der Waals surface area contributed by atoms with Crippen LogP contribution in [-0.2, 0) is 25.5 Å². The number of nitrogens with one attached hydrogen (secondary N) is 1. The molecule has 0 aliphatic heterocycles. The number of benzene rings is 1. The lowest BCUT2D eigenvalue weighted by Gasteiger charge is -2.14. The van der Waals surface area contributed by atoms with Crippen LogP contribution in [0.25, 0.3) is 6.08 Å². The van der Waals surface area contributed by atoms with Crippen molar-refractivity contribution < 1.29 is 23.5 Å². The van der Waals surface area contributed by atoms with Crippen LogP contribution in [0.3, 0.4) is 0 Å². The van der Waals surface area contributed by atoms with E-state index in [2.05, 4.69) is 10.1 Å². The van der Waals surface area contributed by atoms with Crippen molar-refractivity contribution in [2.75, 3.05) is 26.0 Å². The van der Waals surface area contributed by atoms with Gasteiger partial charge in [0.05, 0.1) is 20.1 Å². The summed E-state index contributed by atoms with van der Waals surface area (Å²) in [6, 6.07) is 10.1. The molecule has 0 unspecified atom stereocenters. The van der Waals surface area contributed by atoms with Crippen LogP contribution in [0.5, 0.6) is 0 Å². The SMILES string of the molecule is COC(=O)CCc1ccc(/C=C/C(=O)N(C)CC(=O)Nc2ccc(Cl)cc2)o1. The van der Waals surface area contributed by atoms with Gasteiger partial charge < -0.3 is 19.4 Å². The van der Waals surface area contributed by atoms with Crippen molar-refractivity contribution in [3.8, 4) is 0 Å². The van der Waals surface area contributed by atoms with E-state index < -0.39 is 0 Å². The highest BCUT2D eigenvalue weighted by molar-refractivity contribution is 6.30. The van der Waals surface area contributed by atoms with E-state index in [9.17, 15) is 14.4 Å². The standard InChI is InChI=1S/C20H21ClN2O5/c1-23(13-18(24)22-15-5-3-14(21)4-6-15)19(25)11-9-16-7-8-17(28-16)10-12-20(26)27-2/h3-9,11H,10,12-13H2,1-2H3,(H,22,24)/b11-9+. The Morgan fingerprint density at radius 1 is 1.18 bits per heavy atom. The minimum atomic E-state index is -0.348. The molecule has 0 radical (unpaired) electrons. The average Bonchev–Trinajstić information content (AvgIpc) is 3.13. The Morgan fingerprint density at radius 2 is 1.89 bits per heavy atom. The number of halogens is 1. The van der Waals surface area contributed by atoms with E-state index in [1.54, 1.807) is 36.4 Å². The van der Waals surface area contributed by atoms with Crippen molar-refractivity contribution in [3.63, 3.8) is 0 Å². The Hall–Kier alpha value is -3.06. The van der Waals surface area contributed by atoms with Gasteiger partial charge in [-0.2, -0.15) is 0 Å². The summed E-state index contributed by atoms with van der Waals surface area (Å²) >= 11 is 5.80. The highest BCUT2D eigenvalue weighted by atomic mass is 35.5. The van der Waals surface area contributed by atoms with Gasteiger partial charge in [0, 0.05) is 30.3 Å². The van der Waals surface area contributed by atoms with E-state index in [0.29, 0.717) is 28.7 Å². The van der Waals surface area contributed by atoms with E-state index in [0.717, 1.165) is 0 Å². The summed E-state index contributed by atoms with van der Waals surface area (Å²) in [5, 5.41) is 3.26. The van der Waals surface area contributed by atoms with E-state index >= 15 is 0 Å². The number of carbonyl (C=O) groups excluding carboxylic acids is 3. The second-order valence-corrected chi connectivity index (χ2v) is 6.40. The van der Waals surface area contributed by atoms with E-state index in [-0.39, 0.29) is 30.7 Å². The van der Waals surface area contributed by atoms with Gasteiger partial charge in [0.15, 0.2) is 0 Å². The molecule has 0 saturated heterocycles. The van der Waals surface area contributed by atoms with Crippen LogP contribution < -0.4 is 5.32 Å². The van der Waals surface area contributed by atoms with Gasteiger partial charge in [-0.25, -0.2) is 0 Å². The van der Waals surface area contributed by atoms with E-state index in [1.165, 1.54) is 31.2 Å². The monoisotopic (exact) mass is 404 g/mol. The Kier molecular flexibility index (Phi) is 7.83. The second kappa shape index (κ2) is 10.3. The summed E-state index contributed by atoms with van der Waals surface area (Å²) in [5.74, 6) is 0.107. The zero-order chi connectivity index (χ0) is 20.5. The Labute approximate surface area is 167 Å². The quantitative estimate of drug-likeness (QED) is 0.539. The number of amides is 2. The number of furan rings is 1. The van der Waals surface area contributed by atoms with Crippen LogP contribution >= 0.6 is 11.6 Å². The summed E-state index contributed by atoms with van der Waals surface area (Å²) in [6.45, 7) is -0.103. The first-order valence-electron chi connectivity index (χ1n) is 8.51. The molecule has 0 saturated carbocycles. The number of hydrogen-bond donors (Lipinski definition) is 1. The first-order valence-corrected chi connectivity index (χ1v) is 8.89. The number of anilines is 1. The molecule has 0 fully saturated rings. The number of ether oxygens (including phenoxy) is 1. The van der Waals surface area contributed by atoms with Crippen LogP contribution in [0.1, 0.15) is 17.9 Å². The molecule has 2 aromatic rings. The summed E-state index contributed by atoms with van der Waals surface area (Å²) in [4.78, 5) is 36.6. The number of nitrogens with zero attached hydrogens (tertiary/aromatic N) is 1. The molecule has 0 aliphatic carbocycles. The number of aryl methyl sites for hydroxylation is 1. The summed E-state index contributed by atoms with van der Waals surface area (Å²) < 4.78 is 10.1. The molecule has 7 nitrogen and oxygen atoms in total. The average molecular weight is 405 g/mol. The summed E-state index contributed by atoms with van der Waals surface area (Å²) in [7, 11) is 2.86. The topological polar surface area (TPSA) is 88.9 Å². The zero-order valence-corrected chi connectivity index (χ0v) is 16.4. The normalized spacial score (nSPS) is 10.7. The molecular formula is C20H21ClN2O5. The number of rotatable bonds is 8. The largest absolute Gasteiger partial charge is 0.469 e. The Bertz CT molecular complexity index is 858. The first-order chi connectivity index (χ1) is 13.4. The summed E-state index contributed by atoms with van der Waals surface area (Å²) in [6.07, 6.45) is 3.47. The van der Waals surface area contributed by atoms with Crippen LogP contribution in [-0.4, -0.2) is 43.4 Å². The molecule has 28 heavy (non-hydrogen) atoms. The third kappa shape index (κ3) is 6.92. The lowest BCUT2D eigenvalue weighted by Crippen LogP contribution is -2.33. The van der Waals surface area contributed by atoms with Crippen molar-refractivity contribution in [1.82, 2.24) is 4.90 Å². The van der Waals surface area contributed by atoms with E-state index in [1.807, 2.05) is 0 Å². The smallest absolute Gasteiger partial charge is 0.305 e. The molecule has 0 spiro atoms. The second-order valence-electron chi connectivity index (χ2n) is 5.96. The third-order valence-corrected chi connectivity index (χ3v) is 4.01. The molecule has 2 rings (SSSR count). The van der Waals surface area contributed by atoms with Crippen LogP contribution in [0.4, 0.5) is 5.69 Å². The van der Waals surface area contributed by atoms with Crippen molar-refractivity contribution in [3.05, 3.63) is 59.0 Å². The van der Waals surface area contributed by atoms with Crippen molar-refractivity contribution >= 4 is 41.1 Å². The van der Waals surface area contributed by atoms with Crippen molar-refractivity contribution in [1.29, 1.82) is 0 Å². The molecule has 1 heterocycles. The van der Waals surface area contributed by atoms with Crippen molar-refractivity contribution in [2.24, 2.45) is 0 Å². The van der Waals surface area contributed by atoms with Gasteiger partial charge in [0.2, 0.25) is 11.8 Å². The van der Waals surface area contributed by atoms with Crippen molar-refractivity contribution in [2.45, 2.75) is 12.8 Å². The third-order valence-electron chi connectivity index (χ3n) is 3.76. The maximum absolute atomic E-state index is 12.1. The maximum Gasteiger partial charge on any atom is 0.305 e. The zero-order valence-electron chi connectivity index (χ0n) is 15.6. The Morgan fingerprint density at radius 3 is 2.57 bits per heavy atom. The molecular weight excluding hydrogens is 384 g/mol. The number of esters is 1. The fourth-order valence-electron chi connectivity index (χ4n) is 2.25. The highest BCUT2D eigenvalue weighted by Crippen LogP contribution is 2.14. The molecule has 0 aliphatic rings. The van der Waals surface area contributed by atoms with Gasteiger partial charge in [0.1, 0.15) is 11.5 Å². The molecule has 0 atom stereocenters. The molecule has 148 valence electrons. The minimum absolute atomic E-state index is 0.103. The van der Waals surface area contributed by atoms with Gasteiger partial charge >= 0.3 is 5.97 Å². The number of methoxy groups -OCH3 is 1. The van der Waals surface area contributed by atoms with Gasteiger partial charge in [0.25, 0.3) is 0 Å². The minimum Gasteiger partial charge on any atom is -0.469 e. The number of carbonyl (C=O) groups is 3. The molecule has 8 heteroatoms. The highest BCUT2D eigenvalue weighted by Gasteiger charge is 2.11. The number of hydrogen-bond acceptors (Lipinski definition) is 5. The van der Waals surface area contributed by atoms with E-state index in [4.69, 9.17) is 16.0 Å². The maximum atomic E-state index is 12.1. The van der Waals surface area contributed by atoms with Gasteiger partial charge in [-0.1, -0.05) is 11.6 Å². The molecule has 1 aromatic heterocycles.